The number of carbonyl (C=O) groups excluding carboxylic acids is 2. The lowest BCUT2D eigenvalue weighted by atomic mass is 10.1. The van der Waals surface area contributed by atoms with Crippen LogP contribution >= 0.6 is 15.9 Å². The second-order valence-electron chi connectivity index (χ2n) is 6.80. The van der Waals surface area contributed by atoms with Gasteiger partial charge in [-0.25, -0.2) is 4.98 Å². The monoisotopic (exact) mass is 460 g/mol. The molecular formula is C20H21BrN4O4. The smallest absolute Gasteiger partial charge is 0.265 e. The molecule has 2 amide bonds. The van der Waals surface area contributed by atoms with Crippen LogP contribution in [-0.2, 0) is 14.3 Å². The molecule has 2 aliphatic rings. The summed E-state index contributed by atoms with van der Waals surface area (Å²) in [6.45, 7) is 2.55. The number of nitrogens with zero attached hydrogens (tertiary/aromatic N) is 3. The van der Waals surface area contributed by atoms with E-state index in [4.69, 9.17) is 9.47 Å². The van der Waals surface area contributed by atoms with Crippen molar-refractivity contribution < 1.29 is 19.1 Å². The maximum Gasteiger partial charge on any atom is 0.265 e. The second kappa shape index (κ2) is 8.79. The molecule has 1 aromatic carbocycles. The Morgan fingerprint density at radius 3 is 2.72 bits per heavy atom. The van der Waals surface area contributed by atoms with Gasteiger partial charge in [-0.05, 0) is 40.2 Å². The molecule has 0 spiro atoms. The lowest BCUT2D eigenvalue weighted by Crippen LogP contribution is -2.53. The van der Waals surface area contributed by atoms with E-state index in [0.717, 1.165) is 10.2 Å². The average molecular weight is 461 g/mol. The number of hydrogen-bond donors (Lipinski definition) is 1. The summed E-state index contributed by atoms with van der Waals surface area (Å²) in [6, 6.07) is 11.0. The maximum atomic E-state index is 12.9. The molecule has 0 bridgehead atoms. The van der Waals surface area contributed by atoms with Gasteiger partial charge in [0.25, 0.3) is 5.91 Å². The number of amides is 2. The summed E-state index contributed by atoms with van der Waals surface area (Å²) in [7, 11) is 0. The highest BCUT2D eigenvalue weighted by atomic mass is 79.9. The van der Waals surface area contributed by atoms with Crippen LogP contribution in [0.3, 0.4) is 0 Å². The van der Waals surface area contributed by atoms with E-state index < -0.39 is 6.10 Å². The van der Waals surface area contributed by atoms with E-state index in [1.54, 1.807) is 17.2 Å². The fraction of sp³-hybridized carbons (Fsp3) is 0.350. The van der Waals surface area contributed by atoms with Crippen molar-refractivity contribution in [2.45, 2.75) is 6.10 Å². The van der Waals surface area contributed by atoms with Gasteiger partial charge in [-0.3, -0.25) is 9.59 Å². The fourth-order valence-electron chi connectivity index (χ4n) is 3.38. The Bertz CT molecular complexity index is 886. The first kappa shape index (κ1) is 19.7. The van der Waals surface area contributed by atoms with Crippen molar-refractivity contribution in [3.63, 3.8) is 0 Å². The Labute approximate surface area is 176 Å². The molecule has 3 heterocycles. The highest BCUT2D eigenvalue weighted by Gasteiger charge is 2.34. The third-order valence-corrected chi connectivity index (χ3v) is 5.26. The van der Waals surface area contributed by atoms with E-state index in [1.165, 1.54) is 0 Å². The van der Waals surface area contributed by atoms with Gasteiger partial charge in [0.2, 0.25) is 5.91 Å². The molecule has 8 nitrogen and oxygen atoms in total. The van der Waals surface area contributed by atoms with Gasteiger partial charge in [0.15, 0.2) is 6.10 Å². The number of benzene rings is 1. The summed E-state index contributed by atoms with van der Waals surface area (Å²) in [5.41, 5.74) is 0.789. The normalized spacial score (nSPS) is 18.6. The van der Waals surface area contributed by atoms with Gasteiger partial charge in [-0.2, -0.15) is 0 Å². The highest BCUT2D eigenvalue weighted by Crippen LogP contribution is 2.33. The molecule has 1 saturated heterocycles. The molecule has 0 saturated carbocycles. The summed E-state index contributed by atoms with van der Waals surface area (Å²) >= 11 is 3.32. The van der Waals surface area contributed by atoms with E-state index in [-0.39, 0.29) is 18.4 Å². The number of halogens is 1. The predicted molar refractivity (Wildman–Crippen MR) is 111 cm³/mol. The van der Waals surface area contributed by atoms with Crippen LogP contribution in [0.2, 0.25) is 0 Å². The summed E-state index contributed by atoms with van der Waals surface area (Å²) < 4.78 is 12.1. The number of pyridine rings is 1. The lowest BCUT2D eigenvalue weighted by molar-refractivity contribution is -0.142. The van der Waals surface area contributed by atoms with Crippen molar-refractivity contribution >= 4 is 39.2 Å². The fourth-order valence-corrected chi connectivity index (χ4v) is 3.61. The molecule has 1 N–H and O–H groups in total. The number of para-hydroxylation sites is 2. The Hall–Kier alpha value is -2.65. The maximum absolute atomic E-state index is 12.9. The van der Waals surface area contributed by atoms with E-state index >= 15 is 0 Å². The summed E-state index contributed by atoms with van der Waals surface area (Å²) in [6.07, 6.45) is 0.957. The predicted octanol–water partition coefficient (Wildman–Crippen LogP) is 1.91. The molecule has 9 heteroatoms. The quantitative estimate of drug-likeness (QED) is 0.749. The molecule has 0 radical (unpaired) electrons. The van der Waals surface area contributed by atoms with Crippen LogP contribution in [0.1, 0.15) is 0 Å². The lowest BCUT2D eigenvalue weighted by Gasteiger charge is -2.38. The molecule has 152 valence electrons. The number of anilines is 2. The number of nitrogens with one attached hydrogen (secondary N) is 1. The molecule has 2 aliphatic heterocycles. The molecule has 1 atom stereocenters. The summed E-state index contributed by atoms with van der Waals surface area (Å²) in [5.74, 6) is 0.775. The minimum Gasteiger partial charge on any atom is -0.477 e. The van der Waals surface area contributed by atoms with E-state index in [1.807, 2.05) is 35.2 Å². The van der Waals surface area contributed by atoms with Gasteiger partial charge in [0.05, 0.1) is 32.0 Å². The van der Waals surface area contributed by atoms with Crippen molar-refractivity contribution in [1.29, 1.82) is 0 Å². The van der Waals surface area contributed by atoms with Crippen LogP contribution in [0, 0.1) is 0 Å². The molecular weight excluding hydrogens is 440 g/mol. The number of rotatable bonds is 4. The van der Waals surface area contributed by atoms with Crippen molar-refractivity contribution in [3.05, 3.63) is 47.1 Å². The molecule has 0 aliphatic carbocycles. The zero-order valence-corrected chi connectivity index (χ0v) is 17.3. The van der Waals surface area contributed by atoms with Gasteiger partial charge in [0.1, 0.15) is 11.6 Å². The van der Waals surface area contributed by atoms with E-state index in [9.17, 15) is 9.59 Å². The molecule has 4 rings (SSSR count). The van der Waals surface area contributed by atoms with Gasteiger partial charge in [-0.1, -0.05) is 12.1 Å². The van der Waals surface area contributed by atoms with Gasteiger partial charge in [-0.15, -0.1) is 0 Å². The van der Waals surface area contributed by atoms with Gasteiger partial charge >= 0.3 is 0 Å². The molecule has 2 aromatic rings. The minimum absolute atomic E-state index is 0.0808. The van der Waals surface area contributed by atoms with Crippen LogP contribution in [-0.4, -0.2) is 67.2 Å². The SMILES string of the molecule is O=C(CN1CC(C(=O)N2CCOCC2)Oc2ccccc21)Nc1ccc(Br)cn1. The van der Waals surface area contributed by atoms with E-state index in [0.29, 0.717) is 44.4 Å². The average Bonchev–Trinajstić information content (AvgIpc) is 2.75. The number of fused-ring (bicyclic) bond motifs is 1. The Morgan fingerprint density at radius 1 is 1.17 bits per heavy atom. The van der Waals surface area contributed by atoms with Crippen LogP contribution in [0.5, 0.6) is 5.75 Å². The first-order valence-electron chi connectivity index (χ1n) is 9.39. The Kier molecular flexibility index (Phi) is 5.96. The number of hydrogen-bond acceptors (Lipinski definition) is 6. The first-order chi connectivity index (χ1) is 14.1. The van der Waals surface area contributed by atoms with Gasteiger partial charge in [0, 0.05) is 23.8 Å². The number of carbonyl (C=O) groups is 2. The van der Waals surface area contributed by atoms with Crippen molar-refractivity contribution in [1.82, 2.24) is 9.88 Å². The molecule has 1 aromatic heterocycles. The zero-order chi connectivity index (χ0) is 20.2. The van der Waals surface area contributed by atoms with E-state index in [2.05, 4.69) is 26.2 Å². The third-order valence-electron chi connectivity index (χ3n) is 4.79. The van der Waals surface area contributed by atoms with Crippen molar-refractivity contribution in [3.8, 4) is 5.75 Å². The standard InChI is InChI=1S/C20H21BrN4O4/c21-14-5-6-18(22-11-14)23-19(26)13-25-12-17(20(27)24-7-9-28-10-8-24)29-16-4-2-1-3-15(16)25/h1-6,11,17H,7-10,12-13H2,(H,22,23,26). The number of morpholine rings is 1. The Morgan fingerprint density at radius 2 is 1.97 bits per heavy atom. The first-order valence-corrected chi connectivity index (χ1v) is 10.2. The molecule has 29 heavy (non-hydrogen) atoms. The zero-order valence-electron chi connectivity index (χ0n) is 15.7. The largest absolute Gasteiger partial charge is 0.477 e. The van der Waals surface area contributed by atoms with Crippen LogP contribution in [0.25, 0.3) is 0 Å². The van der Waals surface area contributed by atoms with Crippen molar-refractivity contribution in [2.24, 2.45) is 0 Å². The Balaban J connectivity index is 1.48. The minimum atomic E-state index is -0.665. The number of ether oxygens (including phenoxy) is 2. The number of aromatic nitrogens is 1. The second-order valence-corrected chi connectivity index (χ2v) is 7.72. The van der Waals surface area contributed by atoms with Crippen LogP contribution in [0.15, 0.2) is 47.1 Å². The highest BCUT2D eigenvalue weighted by molar-refractivity contribution is 9.10. The van der Waals surface area contributed by atoms with Crippen LogP contribution in [0.4, 0.5) is 11.5 Å². The summed E-state index contributed by atoms with van der Waals surface area (Å²) in [5, 5.41) is 2.79. The molecule has 1 fully saturated rings. The third kappa shape index (κ3) is 4.68. The molecule has 1 unspecified atom stereocenters. The topological polar surface area (TPSA) is 84.0 Å². The van der Waals surface area contributed by atoms with Crippen molar-refractivity contribution in [2.75, 3.05) is 49.6 Å². The van der Waals surface area contributed by atoms with Gasteiger partial charge < -0.3 is 24.6 Å². The van der Waals surface area contributed by atoms with Crippen LogP contribution < -0.4 is 15.0 Å². The summed E-state index contributed by atoms with van der Waals surface area (Å²) in [4.78, 5) is 33.3.